The summed E-state index contributed by atoms with van der Waals surface area (Å²) in [5.41, 5.74) is -1.12. The van der Waals surface area contributed by atoms with Gasteiger partial charge in [-0.25, -0.2) is 13.6 Å². The van der Waals surface area contributed by atoms with E-state index in [0.717, 1.165) is 17.0 Å². The molecule has 1 atom stereocenters. The number of halogens is 2. The largest absolute Gasteiger partial charge is 0.325 e. The molecule has 1 saturated heterocycles. The van der Waals surface area contributed by atoms with Gasteiger partial charge in [0.25, 0.3) is 5.91 Å². The zero-order valence-corrected chi connectivity index (χ0v) is 13.3. The minimum atomic E-state index is -1.31. The van der Waals surface area contributed by atoms with Crippen LogP contribution in [-0.4, -0.2) is 29.2 Å². The number of ketones is 1. The van der Waals surface area contributed by atoms with Gasteiger partial charge in [0.15, 0.2) is 5.78 Å². The van der Waals surface area contributed by atoms with E-state index in [9.17, 15) is 23.2 Å². The fourth-order valence-electron chi connectivity index (χ4n) is 2.75. The van der Waals surface area contributed by atoms with Crippen LogP contribution in [0.1, 0.15) is 22.8 Å². The van der Waals surface area contributed by atoms with Crippen molar-refractivity contribution in [3.8, 4) is 0 Å². The smallest absolute Gasteiger partial charge is 0.319 e. The van der Waals surface area contributed by atoms with Crippen LogP contribution >= 0.6 is 0 Å². The molecule has 1 N–H and O–H groups in total. The lowest BCUT2D eigenvalue weighted by molar-refractivity contribution is -0.130. The molecule has 0 radical (unpaired) electrons. The Morgan fingerprint density at radius 2 is 1.80 bits per heavy atom. The number of rotatable bonds is 4. The molecule has 1 fully saturated rings. The molecule has 0 aromatic heterocycles. The summed E-state index contributed by atoms with van der Waals surface area (Å²) >= 11 is 0. The molecule has 7 heteroatoms. The summed E-state index contributed by atoms with van der Waals surface area (Å²) in [5, 5.41) is 2.56. The quantitative estimate of drug-likeness (QED) is 0.685. The number of benzene rings is 2. The Morgan fingerprint density at radius 1 is 1.12 bits per heavy atom. The van der Waals surface area contributed by atoms with Crippen molar-refractivity contribution in [1.29, 1.82) is 0 Å². The normalized spacial score (nSPS) is 19.9. The first-order valence-electron chi connectivity index (χ1n) is 7.51. The van der Waals surface area contributed by atoms with Gasteiger partial charge in [-0.05, 0) is 24.6 Å². The minimum absolute atomic E-state index is 0.379. The van der Waals surface area contributed by atoms with Gasteiger partial charge in [-0.2, -0.15) is 0 Å². The standard InChI is InChI=1S/C18H14F2N2O3/c1-18(11-5-3-2-4-6-11)16(24)22(17(25)21-18)10-15(23)13-8-7-12(19)9-14(13)20/h2-9H,10H2,1H3,(H,21,25)/t18-/m0/s1. The highest BCUT2D eigenvalue weighted by atomic mass is 19.1. The van der Waals surface area contributed by atoms with Gasteiger partial charge >= 0.3 is 6.03 Å². The summed E-state index contributed by atoms with van der Waals surface area (Å²) in [5.74, 6) is -3.26. The Bertz CT molecular complexity index is 870. The van der Waals surface area contributed by atoms with Crippen LogP contribution in [0.5, 0.6) is 0 Å². The van der Waals surface area contributed by atoms with Crippen LogP contribution in [0.15, 0.2) is 48.5 Å². The van der Waals surface area contributed by atoms with E-state index in [1.54, 1.807) is 30.3 Å². The number of imide groups is 1. The van der Waals surface area contributed by atoms with Gasteiger partial charge in [-0.3, -0.25) is 14.5 Å². The molecule has 2 aromatic carbocycles. The van der Waals surface area contributed by atoms with Crippen LogP contribution in [0, 0.1) is 11.6 Å². The molecule has 2 aromatic rings. The predicted molar refractivity (Wildman–Crippen MR) is 84.7 cm³/mol. The molecule has 1 aliphatic heterocycles. The summed E-state index contributed by atoms with van der Waals surface area (Å²) in [4.78, 5) is 37.8. The molecule has 1 aliphatic rings. The molecule has 25 heavy (non-hydrogen) atoms. The maximum atomic E-state index is 13.7. The molecule has 1 heterocycles. The highest BCUT2D eigenvalue weighted by Crippen LogP contribution is 2.28. The molecule has 0 unspecified atom stereocenters. The van der Waals surface area contributed by atoms with E-state index < -0.39 is 41.4 Å². The lowest BCUT2D eigenvalue weighted by atomic mass is 9.92. The molecule has 3 rings (SSSR count). The van der Waals surface area contributed by atoms with E-state index in [0.29, 0.717) is 11.6 Å². The number of carbonyl (C=O) groups is 3. The number of nitrogens with one attached hydrogen (secondary N) is 1. The Hall–Kier alpha value is -3.09. The highest BCUT2D eigenvalue weighted by Gasteiger charge is 2.49. The summed E-state index contributed by atoms with van der Waals surface area (Å²) in [6.45, 7) is 0.904. The maximum absolute atomic E-state index is 13.7. The second kappa shape index (κ2) is 6.08. The van der Waals surface area contributed by atoms with Crippen LogP contribution in [0.2, 0.25) is 0 Å². The number of hydrogen-bond acceptors (Lipinski definition) is 3. The van der Waals surface area contributed by atoms with E-state index in [4.69, 9.17) is 0 Å². The number of hydrogen-bond donors (Lipinski definition) is 1. The topological polar surface area (TPSA) is 66.5 Å². The van der Waals surface area contributed by atoms with Crippen molar-refractivity contribution in [2.45, 2.75) is 12.5 Å². The van der Waals surface area contributed by atoms with E-state index in [2.05, 4.69) is 5.32 Å². The Kier molecular flexibility index (Phi) is 4.08. The third-order valence-electron chi connectivity index (χ3n) is 4.16. The zero-order valence-electron chi connectivity index (χ0n) is 13.3. The molecule has 0 spiro atoms. The van der Waals surface area contributed by atoms with Gasteiger partial charge in [-0.15, -0.1) is 0 Å². The number of urea groups is 1. The number of Topliss-reactive ketones (excluding diaryl/α,β-unsaturated/α-hetero) is 1. The van der Waals surface area contributed by atoms with E-state index in [1.165, 1.54) is 6.92 Å². The van der Waals surface area contributed by atoms with E-state index in [-0.39, 0.29) is 5.56 Å². The van der Waals surface area contributed by atoms with Crippen LogP contribution in [0.3, 0.4) is 0 Å². The Balaban J connectivity index is 1.85. The molecule has 5 nitrogen and oxygen atoms in total. The van der Waals surface area contributed by atoms with Crippen LogP contribution in [0.25, 0.3) is 0 Å². The van der Waals surface area contributed by atoms with Crippen LogP contribution < -0.4 is 5.32 Å². The molecule has 3 amide bonds. The summed E-state index contributed by atoms with van der Waals surface area (Å²) in [7, 11) is 0. The summed E-state index contributed by atoms with van der Waals surface area (Å²) in [6, 6.07) is 10.3. The predicted octanol–water partition coefficient (Wildman–Crippen LogP) is 2.61. The lowest BCUT2D eigenvalue weighted by Gasteiger charge is -2.22. The number of nitrogens with zero attached hydrogens (tertiary/aromatic N) is 1. The first kappa shape index (κ1) is 16.8. The molecular weight excluding hydrogens is 330 g/mol. The molecule has 0 saturated carbocycles. The second-order valence-corrected chi connectivity index (χ2v) is 5.86. The van der Waals surface area contributed by atoms with Crippen molar-refractivity contribution < 1.29 is 23.2 Å². The van der Waals surface area contributed by atoms with Gasteiger partial charge in [-0.1, -0.05) is 30.3 Å². The van der Waals surface area contributed by atoms with Gasteiger partial charge in [0.1, 0.15) is 17.2 Å². The fraction of sp³-hybridized carbons (Fsp3) is 0.167. The fourth-order valence-corrected chi connectivity index (χ4v) is 2.75. The van der Waals surface area contributed by atoms with Crippen molar-refractivity contribution in [2.75, 3.05) is 6.54 Å². The monoisotopic (exact) mass is 344 g/mol. The average molecular weight is 344 g/mol. The van der Waals surface area contributed by atoms with E-state index >= 15 is 0 Å². The van der Waals surface area contributed by atoms with Gasteiger partial charge in [0.05, 0.1) is 12.1 Å². The second-order valence-electron chi connectivity index (χ2n) is 5.86. The lowest BCUT2D eigenvalue weighted by Crippen LogP contribution is -2.41. The molecule has 128 valence electrons. The third kappa shape index (κ3) is 2.88. The third-order valence-corrected chi connectivity index (χ3v) is 4.16. The van der Waals surface area contributed by atoms with Gasteiger partial charge in [0, 0.05) is 6.07 Å². The average Bonchev–Trinajstić information content (AvgIpc) is 2.80. The first-order valence-corrected chi connectivity index (χ1v) is 7.51. The van der Waals surface area contributed by atoms with Crippen LogP contribution in [-0.2, 0) is 10.3 Å². The highest BCUT2D eigenvalue weighted by molar-refractivity contribution is 6.11. The van der Waals surface area contributed by atoms with Crippen molar-refractivity contribution in [2.24, 2.45) is 0 Å². The van der Waals surface area contributed by atoms with E-state index in [1.807, 2.05) is 0 Å². The SMILES string of the molecule is C[C@@]1(c2ccccc2)NC(=O)N(CC(=O)c2ccc(F)cc2F)C1=O. The van der Waals surface area contributed by atoms with Crippen molar-refractivity contribution in [3.05, 3.63) is 71.3 Å². The maximum Gasteiger partial charge on any atom is 0.325 e. The first-order chi connectivity index (χ1) is 11.8. The van der Waals surface area contributed by atoms with Crippen molar-refractivity contribution in [3.63, 3.8) is 0 Å². The Labute approximate surface area is 142 Å². The summed E-state index contributed by atoms with van der Waals surface area (Å²) < 4.78 is 26.7. The van der Waals surface area contributed by atoms with Crippen molar-refractivity contribution in [1.82, 2.24) is 10.2 Å². The molecular formula is C18H14F2N2O3. The van der Waals surface area contributed by atoms with Crippen molar-refractivity contribution >= 4 is 17.7 Å². The zero-order chi connectivity index (χ0) is 18.2. The summed E-state index contributed by atoms with van der Waals surface area (Å²) in [6.07, 6.45) is 0. The van der Waals surface area contributed by atoms with Crippen LogP contribution in [0.4, 0.5) is 13.6 Å². The van der Waals surface area contributed by atoms with Gasteiger partial charge < -0.3 is 5.32 Å². The number of carbonyl (C=O) groups excluding carboxylic acids is 3. The number of amides is 3. The molecule has 0 aliphatic carbocycles. The van der Waals surface area contributed by atoms with Gasteiger partial charge in [0.2, 0.25) is 0 Å². The minimum Gasteiger partial charge on any atom is -0.319 e. The Morgan fingerprint density at radius 3 is 2.44 bits per heavy atom. The molecule has 0 bridgehead atoms.